The summed E-state index contributed by atoms with van der Waals surface area (Å²) in [5.74, 6) is 0.0137. The number of hydrogen-bond donors (Lipinski definition) is 2. The van der Waals surface area contributed by atoms with Gasteiger partial charge in [0.15, 0.2) is 0 Å². The van der Waals surface area contributed by atoms with Crippen molar-refractivity contribution in [2.45, 2.75) is 13.3 Å². The molecule has 110 valence electrons. The van der Waals surface area contributed by atoms with E-state index in [0.717, 1.165) is 6.42 Å². The molecule has 0 saturated carbocycles. The summed E-state index contributed by atoms with van der Waals surface area (Å²) in [6, 6.07) is 4.79. The first-order valence-corrected chi connectivity index (χ1v) is 6.45. The third-order valence-electron chi connectivity index (χ3n) is 2.78. The maximum Gasteiger partial charge on any atom is 0.254 e. The van der Waals surface area contributed by atoms with Crippen LogP contribution in [0.15, 0.2) is 18.2 Å². The molecule has 0 fully saturated rings. The Balaban J connectivity index is 2.71. The molecule has 1 aromatic rings. The zero-order valence-electron chi connectivity index (χ0n) is 12.1. The fourth-order valence-electron chi connectivity index (χ4n) is 1.67. The van der Waals surface area contributed by atoms with Gasteiger partial charge in [-0.3, -0.25) is 9.59 Å². The molecule has 6 heteroatoms. The fraction of sp³-hybridized carbons (Fsp3) is 0.429. The summed E-state index contributed by atoms with van der Waals surface area (Å²) in [6.07, 6.45) is 0.860. The highest BCUT2D eigenvalue weighted by Gasteiger charge is 2.16. The predicted octanol–water partition coefficient (Wildman–Crippen LogP) is 0.876. The molecule has 2 amide bonds. The Kier molecular flexibility index (Phi) is 5.83. The van der Waals surface area contributed by atoms with E-state index in [2.05, 4.69) is 5.32 Å². The van der Waals surface area contributed by atoms with Crippen molar-refractivity contribution >= 4 is 17.5 Å². The number of nitrogens with zero attached hydrogens (tertiary/aromatic N) is 1. The third-order valence-corrected chi connectivity index (χ3v) is 2.78. The largest absolute Gasteiger partial charge is 0.495 e. The molecule has 3 N–H and O–H groups in total. The molecule has 20 heavy (non-hydrogen) atoms. The Hall–Kier alpha value is -2.24. The van der Waals surface area contributed by atoms with Crippen LogP contribution in [0.2, 0.25) is 0 Å². The number of nitrogen functional groups attached to an aromatic ring is 1. The maximum absolute atomic E-state index is 12.2. The number of rotatable bonds is 6. The van der Waals surface area contributed by atoms with Gasteiger partial charge in [-0.1, -0.05) is 6.92 Å². The van der Waals surface area contributed by atoms with Crippen molar-refractivity contribution in [3.8, 4) is 5.75 Å². The molecule has 0 aliphatic carbocycles. The molecule has 0 bridgehead atoms. The van der Waals surface area contributed by atoms with Gasteiger partial charge in [-0.25, -0.2) is 0 Å². The second-order valence-corrected chi connectivity index (χ2v) is 4.47. The number of nitrogens with one attached hydrogen (secondary N) is 1. The minimum Gasteiger partial charge on any atom is -0.495 e. The molecule has 0 spiro atoms. The SMILES string of the molecule is CCCNC(=O)CN(C)C(=O)c1ccc(N)c(OC)c1. The summed E-state index contributed by atoms with van der Waals surface area (Å²) >= 11 is 0. The molecule has 0 radical (unpaired) electrons. The molecule has 0 atom stereocenters. The lowest BCUT2D eigenvalue weighted by molar-refractivity contribution is -0.121. The monoisotopic (exact) mass is 279 g/mol. The van der Waals surface area contributed by atoms with E-state index in [1.54, 1.807) is 25.2 Å². The minimum absolute atomic E-state index is 0.0194. The second-order valence-electron chi connectivity index (χ2n) is 4.47. The number of benzene rings is 1. The van der Waals surface area contributed by atoms with Crippen LogP contribution in [0.4, 0.5) is 5.69 Å². The molecule has 1 aromatic carbocycles. The van der Waals surface area contributed by atoms with Crippen LogP contribution in [0.25, 0.3) is 0 Å². The van der Waals surface area contributed by atoms with Crippen molar-refractivity contribution in [3.63, 3.8) is 0 Å². The molecule has 0 heterocycles. The highest BCUT2D eigenvalue weighted by atomic mass is 16.5. The number of amides is 2. The topological polar surface area (TPSA) is 84.7 Å². The van der Waals surface area contributed by atoms with Gasteiger partial charge in [-0.2, -0.15) is 0 Å². The quantitative estimate of drug-likeness (QED) is 0.757. The molecular formula is C14H21N3O3. The normalized spacial score (nSPS) is 9.95. The average Bonchev–Trinajstić information content (AvgIpc) is 2.44. The Labute approximate surface area is 118 Å². The van der Waals surface area contributed by atoms with Gasteiger partial charge in [0.25, 0.3) is 5.91 Å². The average molecular weight is 279 g/mol. The lowest BCUT2D eigenvalue weighted by Gasteiger charge is -2.17. The smallest absolute Gasteiger partial charge is 0.254 e. The minimum atomic E-state index is -0.255. The van der Waals surface area contributed by atoms with Gasteiger partial charge in [0, 0.05) is 19.2 Å². The lowest BCUT2D eigenvalue weighted by atomic mass is 10.1. The highest BCUT2D eigenvalue weighted by molar-refractivity contribution is 5.97. The van der Waals surface area contributed by atoms with Gasteiger partial charge in [0.1, 0.15) is 5.75 Å². The number of carbonyl (C=O) groups is 2. The van der Waals surface area contributed by atoms with Crippen LogP contribution in [0.1, 0.15) is 23.7 Å². The Morgan fingerprint density at radius 1 is 1.40 bits per heavy atom. The van der Waals surface area contributed by atoms with Crippen molar-refractivity contribution in [1.82, 2.24) is 10.2 Å². The second kappa shape index (κ2) is 7.37. The molecule has 0 aromatic heterocycles. The molecule has 0 unspecified atom stereocenters. The maximum atomic E-state index is 12.2. The zero-order chi connectivity index (χ0) is 15.1. The Morgan fingerprint density at radius 3 is 2.70 bits per heavy atom. The van der Waals surface area contributed by atoms with Gasteiger partial charge >= 0.3 is 0 Å². The highest BCUT2D eigenvalue weighted by Crippen LogP contribution is 2.22. The summed E-state index contributed by atoms with van der Waals surface area (Å²) < 4.78 is 5.07. The van der Waals surface area contributed by atoms with E-state index in [1.807, 2.05) is 6.92 Å². The van der Waals surface area contributed by atoms with Crippen molar-refractivity contribution in [3.05, 3.63) is 23.8 Å². The summed E-state index contributed by atoms with van der Waals surface area (Å²) in [5, 5.41) is 2.72. The number of methoxy groups -OCH3 is 1. The van der Waals surface area contributed by atoms with Gasteiger partial charge in [-0.15, -0.1) is 0 Å². The number of carbonyl (C=O) groups excluding carboxylic acids is 2. The molecule has 1 rings (SSSR count). The van der Waals surface area contributed by atoms with Crippen LogP contribution >= 0.6 is 0 Å². The summed E-state index contributed by atoms with van der Waals surface area (Å²) in [6.45, 7) is 2.60. The standard InChI is InChI=1S/C14H21N3O3/c1-4-7-16-13(18)9-17(2)14(19)10-5-6-11(15)12(8-10)20-3/h5-6,8H,4,7,9,15H2,1-3H3,(H,16,18). The van der Waals surface area contributed by atoms with E-state index in [9.17, 15) is 9.59 Å². The summed E-state index contributed by atoms with van der Waals surface area (Å²) in [7, 11) is 3.07. The first-order chi connectivity index (χ1) is 9.49. The van der Waals surface area contributed by atoms with Crippen molar-refractivity contribution in [2.75, 3.05) is 33.0 Å². The zero-order valence-corrected chi connectivity index (χ0v) is 12.1. The van der Waals surface area contributed by atoms with Crippen molar-refractivity contribution in [2.24, 2.45) is 0 Å². The van der Waals surface area contributed by atoms with E-state index < -0.39 is 0 Å². The molecular weight excluding hydrogens is 258 g/mol. The van der Waals surface area contributed by atoms with E-state index in [-0.39, 0.29) is 18.4 Å². The van der Waals surface area contributed by atoms with Crippen LogP contribution in [0, 0.1) is 0 Å². The van der Waals surface area contributed by atoms with Crippen LogP contribution < -0.4 is 15.8 Å². The van der Waals surface area contributed by atoms with E-state index in [0.29, 0.717) is 23.5 Å². The van der Waals surface area contributed by atoms with E-state index in [4.69, 9.17) is 10.5 Å². The molecule has 6 nitrogen and oxygen atoms in total. The molecule has 0 saturated heterocycles. The van der Waals surface area contributed by atoms with E-state index in [1.165, 1.54) is 12.0 Å². The Bertz CT molecular complexity index is 489. The van der Waals surface area contributed by atoms with Crippen LogP contribution in [-0.4, -0.2) is 44.0 Å². The molecule has 0 aliphatic rings. The number of likely N-dealkylation sites (N-methyl/N-ethyl adjacent to an activating group) is 1. The summed E-state index contributed by atoms with van der Waals surface area (Å²) in [4.78, 5) is 25.1. The Morgan fingerprint density at radius 2 is 2.10 bits per heavy atom. The third kappa shape index (κ3) is 4.15. The first kappa shape index (κ1) is 15.8. The summed E-state index contributed by atoms with van der Waals surface area (Å²) in [5.41, 5.74) is 6.60. The predicted molar refractivity (Wildman–Crippen MR) is 77.7 cm³/mol. The van der Waals surface area contributed by atoms with E-state index >= 15 is 0 Å². The number of ether oxygens (including phenoxy) is 1. The van der Waals surface area contributed by atoms with Gasteiger partial charge in [0.05, 0.1) is 19.3 Å². The number of nitrogens with two attached hydrogens (primary N) is 1. The van der Waals surface area contributed by atoms with Gasteiger partial charge in [0.2, 0.25) is 5.91 Å². The van der Waals surface area contributed by atoms with Gasteiger partial charge < -0.3 is 20.7 Å². The molecule has 0 aliphatic heterocycles. The van der Waals surface area contributed by atoms with Crippen LogP contribution in [0.3, 0.4) is 0 Å². The van der Waals surface area contributed by atoms with Crippen molar-refractivity contribution in [1.29, 1.82) is 0 Å². The lowest BCUT2D eigenvalue weighted by Crippen LogP contribution is -2.38. The van der Waals surface area contributed by atoms with Crippen LogP contribution in [-0.2, 0) is 4.79 Å². The van der Waals surface area contributed by atoms with Crippen molar-refractivity contribution < 1.29 is 14.3 Å². The number of anilines is 1. The first-order valence-electron chi connectivity index (χ1n) is 6.45. The van der Waals surface area contributed by atoms with Gasteiger partial charge in [-0.05, 0) is 24.6 Å². The van der Waals surface area contributed by atoms with Crippen LogP contribution in [0.5, 0.6) is 5.75 Å². The number of hydrogen-bond acceptors (Lipinski definition) is 4. The fourth-order valence-corrected chi connectivity index (χ4v) is 1.67.